The van der Waals surface area contributed by atoms with Crippen molar-refractivity contribution in [2.24, 2.45) is 0 Å². The van der Waals surface area contributed by atoms with Crippen molar-refractivity contribution in [3.63, 3.8) is 0 Å². The highest BCUT2D eigenvalue weighted by Gasteiger charge is 2.58. The lowest BCUT2D eigenvalue weighted by Crippen LogP contribution is -2.60. The molecule has 0 bridgehead atoms. The summed E-state index contributed by atoms with van der Waals surface area (Å²) in [4.78, 5) is 0. The van der Waals surface area contributed by atoms with Crippen molar-refractivity contribution in [2.75, 3.05) is 28.4 Å². The normalized spacial score (nSPS) is 12.3. The molecule has 9 heteroatoms. The SMILES string of the molecule is CO[Si](OC)(OCc1ccccc1)O[Si](OC)(OC)OCc1ccccc1. The molecule has 148 valence electrons. The van der Waals surface area contributed by atoms with Crippen LogP contribution in [0.25, 0.3) is 0 Å². The van der Waals surface area contributed by atoms with Crippen LogP contribution >= 0.6 is 0 Å². The summed E-state index contributed by atoms with van der Waals surface area (Å²) >= 11 is 0. The molecule has 0 amide bonds. The zero-order chi connectivity index (χ0) is 19.6. The molecule has 2 aromatic carbocycles. The summed E-state index contributed by atoms with van der Waals surface area (Å²) in [5.74, 6) is 0. The number of benzene rings is 2. The minimum Gasteiger partial charge on any atom is -0.355 e. The predicted octanol–water partition coefficient (Wildman–Crippen LogP) is 2.89. The van der Waals surface area contributed by atoms with E-state index >= 15 is 0 Å². The van der Waals surface area contributed by atoms with Gasteiger partial charge in [0, 0.05) is 28.4 Å². The van der Waals surface area contributed by atoms with Crippen LogP contribution < -0.4 is 0 Å². The number of hydrogen-bond acceptors (Lipinski definition) is 7. The molecular formula is C18H26O7Si2. The molecule has 0 aliphatic rings. The quantitative estimate of drug-likeness (QED) is 0.499. The molecule has 0 heterocycles. The smallest absolute Gasteiger partial charge is 0.355 e. The van der Waals surface area contributed by atoms with Gasteiger partial charge in [0.25, 0.3) is 0 Å². The summed E-state index contributed by atoms with van der Waals surface area (Å²) in [7, 11) is -1.27. The minimum atomic E-state index is -3.56. The van der Waals surface area contributed by atoms with E-state index in [1.807, 2.05) is 60.7 Å². The van der Waals surface area contributed by atoms with Crippen molar-refractivity contribution in [3.8, 4) is 0 Å². The van der Waals surface area contributed by atoms with Gasteiger partial charge in [0.15, 0.2) is 0 Å². The molecule has 0 spiro atoms. The van der Waals surface area contributed by atoms with E-state index in [1.165, 1.54) is 28.4 Å². The van der Waals surface area contributed by atoms with Crippen molar-refractivity contribution >= 4 is 18.1 Å². The Morgan fingerprint density at radius 3 is 1.19 bits per heavy atom. The van der Waals surface area contributed by atoms with E-state index in [1.54, 1.807) is 0 Å². The van der Waals surface area contributed by atoms with Crippen LogP contribution in [0.3, 0.4) is 0 Å². The van der Waals surface area contributed by atoms with Gasteiger partial charge in [-0.15, -0.1) is 0 Å². The molecule has 0 saturated heterocycles. The fourth-order valence-electron chi connectivity index (χ4n) is 2.27. The molecule has 0 aromatic heterocycles. The molecule has 0 aliphatic carbocycles. The molecule has 7 nitrogen and oxygen atoms in total. The average Bonchev–Trinajstić information content (AvgIpc) is 2.75. The molecule has 2 aromatic rings. The second-order valence-electron chi connectivity index (χ2n) is 5.47. The van der Waals surface area contributed by atoms with Crippen molar-refractivity contribution in [3.05, 3.63) is 71.8 Å². The lowest BCUT2D eigenvalue weighted by Gasteiger charge is -2.33. The van der Waals surface area contributed by atoms with Gasteiger partial charge in [-0.1, -0.05) is 60.7 Å². The Kier molecular flexibility index (Phi) is 8.76. The van der Waals surface area contributed by atoms with Gasteiger partial charge >= 0.3 is 18.1 Å². The summed E-state index contributed by atoms with van der Waals surface area (Å²) in [6.45, 7) is 0.511. The van der Waals surface area contributed by atoms with Crippen LogP contribution in [0, 0.1) is 0 Å². The highest BCUT2D eigenvalue weighted by Crippen LogP contribution is 2.22. The second kappa shape index (κ2) is 10.8. The van der Waals surface area contributed by atoms with Gasteiger partial charge in [-0.3, -0.25) is 0 Å². The first kappa shape index (κ1) is 21.9. The van der Waals surface area contributed by atoms with E-state index in [0.717, 1.165) is 11.1 Å². The molecule has 27 heavy (non-hydrogen) atoms. The maximum atomic E-state index is 6.01. The van der Waals surface area contributed by atoms with Gasteiger partial charge in [0.1, 0.15) is 0 Å². The molecule has 2 rings (SSSR count). The average molecular weight is 411 g/mol. The Bertz CT molecular complexity index is 592. The number of rotatable bonds is 12. The van der Waals surface area contributed by atoms with Crippen molar-refractivity contribution < 1.29 is 30.7 Å². The van der Waals surface area contributed by atoms with Gasteiger partial charge in [0.05, 0.1) is 13.2 Å². The molecule has 0 fully saturated rings. The molecule has 0 aliphatic heterocycles. The molecule has 0 atom stereocenters. The topological polar surface area (TPSA) is 64.6 Å². The van der Waals surface area contributed by atoms with Crippen LogP contribution in [0.5, 0.6) is 0 Å². The fraction of sp³-hybridized carbons (Fsp3) is 0.333. The summed E-state index contributed by atoms with van der Waals surface area (Å²) in [6.07, 6.45) is 0. The van der Waals surface area contributed by atoms with Gasteiger partial charge < -0.3 is 30.7 Å². The first-order chi connectivity index (χ1) is 13.1. The Morgan fingerprint density at radius 1 is 0.556 bits per heavy atom. The van der Waals surface area contributed by atoms with Gasteiger partial charge in [-0.2, -0.15) is 0 Å². The fourth-order valence-corrected chi connectivity index (χ4v) is 6.79. The summed E-state index contributed by atoms with van der Waals surface area (Å²) < 4.78 is 39.7. The van der Waals surface area contributed by atoms with Crippen LogP contribution in [0.2, 0.25) is 0 Å². The Balaban J connectivity index is 2.10. The highest BCUT2D eigenvalue weighted by molar-refractivity contribution is 6.68. The minimum absolute atomic E-state index is 0.255. The van der Waals surface area contributed by atoms with E-state index in [2.05, 4.69) is 0 Å². The van der Waals surface area contributed by atoms with E-state index in [0.29, 0.717) is 0 Å². The maximum Gasteiger partial charge on any atom is 0.673 e. The van der Waals surface area contributed by atoms with Gasteiger partial charge in [0.2, 0.25) is 0 Å². The molecule has 0 unspecified atom stereocenters. The number of hydrogen-bond donors (Lipinski definition) is 0. The summed E-state index contributed by atoms with van der Waals surface area (Å²) in [5, 5.41) is 0. The maximum absolute atomic E-state index is 6.01. The summed E-state index contributed by atoms with van der Waals surface area (Å²) in [6, 6.07) is 19.3. The third-order valence-corrected chi connectivity index (χ3v) is 8.76. The van der Waals surface area contributed by atoms with E-state index < -0.39 is 18.1 Å². The zero-order valence-corrected chi connectivity index (χ0v) is 18.0. The van der Waals surface area contributed by atoms with E-state index in [-0.39, 0.29) is 13.2 Å². The van der Waals surface area contributed by atoms with Gasteiger partial charge in [-0.25, -0.2) is 0 Å². The van der Waals surface area contributed by atoms with Gasteiger partial charge in [-0.05, 0) is 11.1 Å². The highest BCUT2D eigenvalue weighted by atomic mass is 28.5. The van der Waals surface area contributed by atoms with Crippen molar-refractivity contribution in [1.29, 1.82) is 0 Å². The van der Waals surface area contributed by atoms with Crippen LogP contribution in [-0.2, 0) is 43.9 Å². The standard InChI is InChI=1S/C18H26O7Si2/c1-19-26(20-2,23-15-17-11-7-5-8-12-17)25-27(21-3,22-4)24-16-18-13-9-6-10-14-18/h5-14H,15-16H2,1-4H3. The lowest BCUT2D eigenvalue weighted by molar-refractivity contribution is -0.0466. The van der Waals surface area contributed by atoms with E-state index in [9.17, 15) is 0 Å². The van der Waals surface area contributed by atoms with Crippen molar-refractivity contribution in [1.82, 2.24) is 0 Å². The predicted molar refractivity (Wildman–Crippen MR) is 103 cm³/mol. The Morgan fingerprint density at radius 2 is 0.889 bits per heavy atom. The Labute approximate surface area is 162 Å². The third kappa shape index (κ3) is 6.31. The van der Waals surface area contributed by atoms with Crippen LogP contribution in [0.15, 0.2) is 60.7 Å². The molecule has 0 N–H and O–H groups in total. The second-order valence-corrected chi connectivity index (χ2v) is 10.5. The van der Waals surface area contributed by atoms with Crippen LogP contribution in [-0.4, -0.2) is 46.5 Å². The first-order valence-electron chi connectivity index (χ1n) is 8.37. The van der Waals surface area contributed by atoms with E-state index in [4.69, 9.17) is 30.7 Å². The summed E-state index contributed by atoms with van der Waals surface area (Å²) in [5.41, 5.74) is 1.92. The Hall–Kier alpha value is -1.41. The van der Waals surface area contributed by atoms with Crippen molar-refractivity contribution in [2.45, 2.75) is 13.2 Å². The molecule has 0 saturated carbocycles. The molecule has 0 radical (unpaired) electrons. The largest absolute Gasteiger partial charge is 0.673 e. The van der Waals surface area contributed by atoms with Crippen LogP contribution in [0.1, 0.15) is 11.1 Å². The zero-order valence-electron chi connectivity index (χ0n) is 16.0. The molecular weight excluding hydrogens is 384 g/mol. The monoisotopic (exact) mass is 410 g/mol. The first-order valence-corrected chi connectivity index (χ1v) is 11.6. The van der Waals surface area contributed by atoms with Crippen LogP contribution in [0.4, 0.5) is 0 Å². The third-order valence-electron chi connectivity index (χ3n) is 3.77. The lowest BCUT2D eigenvalue weighted by atomic mass is 10.2.